The van der Waals surface area contributed by atoms with Crippen LogP contribution in [0, 0.1) is 5.92 Å². The second kappa shape index (κ2) is 8.97. The minimum absolute atomic E-state index is 0.303. The predicted octanol–water partition coefficient (Wildman–Crippen LogP) is 0.686. The molecule has 1 aliphatic heterocycles. The Morgan fingerprint density at radius 1 is 1.21 bits per heavy atom. The highest BCUT2D eigenvalue weighted by atomic mass is 16.4. The summed E-state index contributed by atoms with van der Waals surface area (Å²) in [5, 5.41) is 14.6. The van der Waals surface area contributed by atoms with E-state index in [4.69, 9.17) is 5.11 Å². The van der Waals surface area contributed by atoms with Crippen LogP contribution in [0.25, 0.3) is 0 Å². The van der Waals surface area contributed by atoms with E-state index in [0.29, 0.717) is 12.3 Å². The third-order valence-electron chi connectivity index (χ3n) is 1.89. The van der Waals surface area contributed by atoms with Crippen LogP contribution in [0.1, 0.15) is 26.7 Å². The first-order chi connectivity index (χ1) is 6.63. The summed E-state index contributed by atoms with van der Waals surface area (Å²) in [6, 6.07) is 0. The zero-order valence-electron chi connectivity index (χ0n) is 9.18. The Labute approximate surface area is 86.1 Å². The Bertz CT molecular complexity index is 134. The lowest BCUT2D eigenvalue weighted by atomic mass is 10.1. The number of hydrogen-bond donors (Lipinski definition) is 3. The van der Waals surface area contributed by atoms with Gasteiger partial charge in [0.1, 0.15) is 0 Å². The number of aliphatic carboxylic acids is 1. The molecule has 0 aromatic heterocycles. The summed E-state index contributed by atoms with van der Waals surface area (Å²) in [6.07, 6.45) is 1.09. The monoisotopic (exact) mass is 202 g/mol. The maximum atomic E-state index is 9.90. The number of carboxylic acids is 1. The Morgan fingerprint density at radius 2 is 1.64 bits per heavy atom. The highest BCUT2D eigenvalue weighted by molar-refractivity contribution is 5.66. The molecular weight excluding hydrogens is 180 g/mol. The van der Waals surface area contributed by atoms with E-state index < -0.39 is 5.97 Å². The van der Waals surface area contributed by atoms with Crippen molar-refractivity contribution in [3.63, 3.8) is 0 Å². The number of carbonyl (C=O) groups is 1. The molecule has 0 saturated carbocycles. The molecule has 1 heterocycles. The van der Waals surface area contributed by atoms with Crippen LogP contribution in [-0.4, -0.2) is 37.3 Å². The fraction of sp³-hybridized carbons (Fsp3) is 0.900. The molecule has 0 amide bonds. The quantitative estimate of drug-likeness (QED) is 0.630. The molecule has 0 bridgehead atoms. The molecule has 4 heteroatoms. The molecule has 0 aliphatic carbocycles. The van der Waals surface area contributed by atoms with Gasteiger partial charge in [0.2, 0.25) is 0 Å². The van der Waals surface area contributed by atoms with Crippen molar-refractivity contribution in [2.24, 2.45) is 5.92 Å². The lowest BCUT2D eigenvalue weighted by Crippen LogP contribution is -2.39. The zero-order chi connectivity index (χ0) is 10.8. The topological polar surface area (TPSA) is 61.4 Å². The van der Waals surface area contributed by atoms with Crippen LogP contribution < -0.4 is 10.6 Å². The molecular formula is C10H22N2O2. The van der Waals surface area contributed by atoms with Gasteiger partial charge in [-0.1, -0.05) is 13.8 Å². The second-order valence-electron chi connectivity index (χ2n) is 3.83. The van der Waals surface area contributed by atoms with Gasteiger partial charge >= 0.3 is 5.97 Å². The van der Waals surface area contributed by atoms with Gasteiger partial charge in [-0.2, -0.15) is 0 Å². The fourth-order valence-corrected chi connectivity index (χ4v) is 1.02. The Morgan fingerprint density at radius 3 is 1.79 bits per heavy atom. The molecule has 0 unspecified atom stereocenters. The van der Waals surface area contributed by atoms with Crippen LogP contribution in [0.3, 0.4) is 0 Å². The van der Waals surface area contributed by atoms with Gasteiger partial charge in [0.15, 0.2) is 0 Å². The van der Waals surface area contributed by atoms with Gasteiger partial charge in [0.25, 0.3) is 0 Å². The number of rotatable bonds is 3. The summed E-state index contributed by atoms with van der Waals surface area (Å²) < 4.78 is 0. The number of nitrogens with one attached hydrogen (secondary N) is 2. The molecule has 14 heavy (non-hydrogen) atoms. The van der Waals surface area contributed by atoms with Gasteiger partial charge in [-0.05, 0) is 12.3 Å². The van der Waals surface area contributed by atoms with Crippen molar-refractivity contribution in [2.45, 2.75) is 26.7 Å². The minimum Gasteiger partial charge on any atom is -0.481 e. The lowest BCUT2D eigenvalue weighted by molar-refractivity contribution is -0.137. The van der Waals surface area contributed by atoms with Crippen LogP contribution in [0.15, 0.2) is 0 Å². The van der Waals surface area contributed by atoms with Gasteiger partial charge in [0, 0.05) is 32.6 Å². The summed E-state index contributed by atoms with van der Waals surface area (Å²) in [6.45, 7) is 8.59. The van der Waals surface area contributed by atoms with E-state index in [0.717, 1.165) is 32.6 Å². The molecule has 3 N–H and O–H groups in total. The molecule has 0 atom stereocenters. The first-order valence-corrected chi connectivity index (χ1v) is 5.26. The summed E-state index contributed by atoms with van der Waals surface area (Å²) in [7, 11) is 0. The smallest absolute Gasteiger partial charge is 0.303 e. The molecule has 0 aromatic carbocycles. The van der Waals surface area contributed by atoms with E-state index in [1.165, 1.54) is 0 Å². The van der Waals surface area contributed by atoms with Gasteiger partial charge in [0.05, 0.1) is 0 Å². The first kappa shape index (κ1) is 13.4. The summed E-state index contributed by atoms with van der Waals surface area (Å²) in [5.74, 6) is -0.190. The maximum absolute atomic E-state index is 9.90. The van der Waals surface area contributed by atoms with Crippen LogP contribution in [-0.2, 0) is 4.79 Å². The normalized spacial score (nSPS) is 15.9. The highest BCUT2D eigenvalue weighted by Gasteiger charge is 1.97. The fourth-order valence-electron chi connectivity index (χ4n) is 1.02. The number of piperazine rings is 1. The molecule has 0 aromatic rings. The average molecular weight is 202 g/mol. The average Bonchev–Trinajstić information content (AvgIpc) is 2.18. The van der Waals surface area contributed by atoms with Crippen LogP contribution >= 0.6 is 0 Å². The minimum atomic E-state index is -0.696. The standard InChI is InChI=1S/C6H12O2.C4H10N2/c1-5(2)3-4-6(7)8;1-2-6-4-3-5-1/h5H,3-4H2,1-2H3,(H,7,8);5-6H,1-4H2. The predicted molar refractivity (Wildman–Crippen MR) is 57.4 cm³/mol. The molecule has 4 nitrogen and oxygen atoms in total. The Hall–Kier alpha value is -0.610. The Balaban J connectivity index is 0.000000249. The van der Waals surface area contributed by atoms with Crippen LogP contribution in [0.5, 0.6) is 0 Å². The lowest BCUT2D eigenvalue weighted by Gasteiger charge is -2.11. The van der Waals surface area contributed by atoms with Gasteiger partial charge in [-0.3, -0.25) is 4.79 Å². The van der Waals surface area contributed by atoms with Crippen LogP contribution in [0.2, 0.25) is 0 Å². The summed E-state index contributed by atoms with van der Waals surface area (Å²) >= 11 is 0. The molecule has 1 rings (SSSR count). The third-order valence-corrected chi connectivity index (χ3v) is 1.89. The second-order valence-corrected chi connectivity index (χ2v) is 3.83. The Kier molecular flexibility index (Phi) is 8.57. The van der Waals surface area contributed by atoms with E-state index in [9.17, 15) is 4.79 Å². The molecule has 0 spiro atoms. The van der Waals surface area contributed by atoms with E-state index in [2.05, 4.69) is 10.6 Å². The molecule has 1 aliphatic rings. The van der Waals surface area contributed by atoms with Gasteiger partial charge in [-0.15, -0.1) is 0 Å². The molecule has 84 valence electrons. The van der Waals surface area contributed by atoms with Crippen molar-refractivity contribution in [1.82, 2.24) is 10.6 Å². The third kappa shape index (κ3) is 11.4. The van der Waals surface area contributed by atoms with E-state index in [-0.39, 0.29) is 0 Å². The van der Waals surface area contributed by atoms with E-state index >= 15 is 0 Å². The van der Waals surface area contributed by atoms with Crippen molar-refractivity contribution >= 4 is 5.97 Å². The highest BCUT2D eigenvalue weighted by Crippen LogP contribution is 2.01. The van der Waals surface area contributed by atoms with Crippen molar-refractivity contribution in [1.29, 1.82) is 0 Å². The van der Waals surface area contributed by atoms with Crippen molar-refractivity contribution in [3.8, 4) is 0 Å². The molecule has 1 saturated heterocycles. The largest absolute Gasteiger partial charge is 0.481 e. The van der Waals surface area contributed by atoms with E-state index in [1.54, 1.807) is 0 Å². The zero-order valence-corrected chi connectivity index (χ0v) is 9.18. The molecule has 1 fully saturated rings. The van der Waals surface area contributed by atoms with Gasteiger partial charge in [-0.25, -0.2) is 0 Å². The van der Waals surface area contributed by atoms with Crippen molar-refractivity contribution in [2.75, 3.05) is 26.2 Å². The summed E-state index contributed by atoms with van der Waals surface area (Å²) in [5.41, 5.74) is 0. The first-order valence-electron chi connectivity index (χ1n) is 5.26. The summed E-state index contributed by atoms with van der Waals surface area (Å²) in [4.78, 5) is 9.90. The van der Waals surface area contributed by atoms with Crippen molar-refractivity contribution < 1.29 is 9.90 Å². The SMILES string of the molecule is C1CNCCN1.CC(C)CCC(=O)O. The van der Waals surface area contributed by atoms with Crippen molar-refractivity contribution in [3.05, 3.63) is 0 Å². The molecule has 0 radical (unpaired) electrons. The van der Waals surface area contributed by atoms with Gasteiger partial charge < -0.3 is 15.7 Å². The maximum Gasteiger partial charge on any atom is 0.303 e. The number of carboxylic acid groups (broad SMARTS) is 1. The van der Waals surface area contributed by atoms with Crippen LogP contribution in [0.4, 0.5) is 0 Å². The van der Waals surface area contributed by atoms with E-state index in [1.807, 2.05) is 13.8 Å². The number of hydrogen-bond acceptors (Lipinski definition) is 3.